The van der Waals surface area contributed by atoms with Crippen LogP contribution in [0.3, 0.4) is 0 Å². The smallest absolute Gasteiger partial charge is 0.353 e. The van der Waals surface area contributed by atoms with Gasteiger partial charge in [0.05, 0.1) is 30.9 Å². The highest BCUT2D eigenvalue weighted by Crippen LogP contribution is 2.36. The predicted molar refractivity (Wildman–Crippen MR) is 110 cm³/mol. The molecule has 0 saturated carbocycles. The summed E-state index contributed by atoms with van der Waals surface area (Å²) >= 11 is 0. The fourth-order valence-electron chi connectivity index (χ4n) is 2.81. The SMILES string of the molecule is COc1ccc(Nc2ncnc(NC(C)c3ccccc3)c2[N+](=O)[O-])c(OC)c1. The van der Waals surface area contributed by atoms with E-state index in [2.05, 4.69) is 20.6 Å². The van der Waals surface area contributed by atoms with Gasteiger partial charge in [-0.15, -0.1) is 0 Å². The Kier molecular flexibility index (Phi) is 6.08. The molecular weight excluding hydrogens is 374 g/mol. The first-order valence-electron chi connectivity index (χ1n) is 8.83. The van der Waals surface area contributed by atoms with Crippen molar-refractivity contribution in [3.8, 4) is 11.5 Å². The zero-order chi connectivity index (χ0) is 20.8. The molecule has 2 N–H and O–H groups in total. The average molecular weight is 395 g/mol. The Morgan fingerprint density at radius 3 is 2.41 bits per heavy atom. The molecule has 0 spiro atoms. The summed E-state index contributed by atoms with van der Waals surface area (Å²) in [6, 6.07) is 14.5. The molecule has 0 saturated heterocycles. The Labute approximate surface area is 167 Å². The van der Waals surface area contributed by atoms with E-state index < -0.39 is 4.92 Å². The van der Waals surface area contributed by atoms with E-state index in [9.17, 15) is 10.1 Å². The van der Waals surface area contributed by atoms with Crippen molar-refractivity contribution in [2.75, 3.05) is 24.9 Å². The summed E-state index contributed by atoms with van der Waals surface area (Å²) in [6.45, 7) is 1.90. The largest absolute Gasteiger partial charge is 0.497 e. The molecule has 3 aromatic rings. The zero-order valence-corrected chi connectivity index (χ0v) is 16.2. The van der Waals surface area contributed by atoms with Crippen molar-refractivity contribution in [2.45, 2.75) is 13.0 Å². The van der Waals surface area contributed by atoms with Crippen molar-refractivity contribution in [1.82, 2.24) is 9.97 Å². The maximum Gasteiger partial charge on any atom is 0.353 e. The first-order chi connectivity index (χ1) is 14.0. The van der Waals surface area contributed by atoms with Gasteiger partial charge in [-0.2, -0.15) is 0 Å². The molecule has 0 aliphatic heterocycles. The highest BCUT2D eigenvalue weighted by atomic mass is 16.6. The molecule has 150 valence electrons. The average Bonchev–Trinajstić information content (AvgIpc) is 2.74. The van der Waals surface area contributed by atoms with Crippen molar-refractivity contribution in [3.05, 3.63) is 70.5 Å². The molecule has 0 bridgehead atoms. The van der Waals surface area contributed by atoms with Crippen LogP contribution in [0.15, 0.2) is 54.9 Å². The van der Waals surface area contributed by atoms with E-state index in [4.69, 9.17) is 9.47 Å². The summed E-state index contributed by atoms with van der Waals surface area (Å²) in [5, 5.41) is 17.9. The van der Waals surface area contributed by atoms with E-state index in [1.807, 2.05) is 37.3 Å². The second-order valence-electron chi connectivity index (χ2n) is 6.14. The molecule has 29 heavy (non-hydrogen) atoms. The van der Waals surface area contributed by atoms with E-state index >= 15 is 0 Å². The first kappa shape index (κ1) is 19.9. The number of nitrogens with zero attached hydrogens (tertiary/aromatic N) is 3. The standard InChI is InChI=1S/C20H21N5O4/c1-13(14-7-5-4-6-8-14)23-19-18(25(26)27)20(22-12-21-19)24-16-10-9-15(28-2)11-17(16)29-3/h4-13H,1-3H3,(H2,21,22,23,24). The maximum absolute atomic E-state index is 11.8. The predicted octanol–water partition coefficient (Wildman–Crippen LogP) is 4.32. The second-order valence-corrected chi connectivity index (χ2v) is 6.14. The fraction of sp³-hybridized carbons (Fsp3) is 0.200. The van der Waals surface area contributed by atoms with E-state index in [1.165, 1.54) is 13.4 Å². The topological polar surface area (TPSA) is 111 Å². The Hall–Kier alpha value is -3.88. The lowest BCUT2D eigenvalue weighted by Gasteiger charge is -2.16. The number of methoxy groups -OCH3 is 2. The third-order valence-electron chi connectivity index (χ3n) is 4.32. The van der Waals surface area contributed by atoms with E-state index in [1.54, 1.807) is 25.3 Å². The summed E-state index contributed by atoms with van der Waals surface area (Å²) in [5.74, 6) is 1.24. The molecule has 0 amide bonds. The number of aromatic nitrogens is 2. The third kappa shape index (κ3) is 4.52. The lowest BCUT2D eigenvalue weighted by atomic mass is 10.1. The van der Waals surface area contributed by atoms with Crippen LogP contribution in [-0.4, -0.2) is 29.1 Å². The van der Waals surface area contributed by atoms with Crippen LogP contribution in [0.2, 0.25) is 0 Å². The van der Waals surface area contributed by atoms with Crippen LogP contribution in [0.5, 0.6) is 11.5 Å². The van der Waals surface area contributed by atoms with Gasteiger partial charge in [0.25, 0.3) is 0 Å². The molecule has 1 unspecified atom stereocenters. The Balaban J connectivity index is 1.94. The van der Waals surface area contributed by atoms with Gasteiger partial charge in [0.15, 0.2) is 0 Å². The summed E-state index contributed by atoms with van der Waals surface area (Å²) in [7, 11) is 3.05. The Morgan fingerprint density at radius 2 is 1.76 bits per heavy atom. The van der Waals surface area contributed by atoms with Crippen molar-refractivity contribution in [1.29, 1.82) is 0 Å². The molecular formula is C20H21N5O4. The number of nitro groups is 1. The molecule has 0 radical (unpaired) electrons. The van der Waals surface area contributed by atoms with Gasteiger partial charge < -0.3 is 20.1 Å². The van der Waals surface area contributed by atoms with Gasteiger partial charge in [-0.25, -0.2) is 9.97 Å². The van der Waals surface area contributed by atoms with E-state index in [0.29, 0.717) is 17.2 Å². The molecule has 2 aromatic carbocycles. The molecule has 9 nitrogen and oxygen atoms in total. The number of hydrogen-bond donors (Lipinski definition) is 2. The van der Waals surface area contributed by atoms with Crippen LogP contribution in [0, 0.1) is 10.1 Å². The molecule has 0 fully saturated rings. The van der Waals surface area contributed by atoms with E-state index in [-0.39, 0.29) is 23.4 Å². The number of anilines is 3. The first-order valence-corrected chi connectivity index (χ1v) is 8.83. The minimum atomic E-state index is -0.515. The highest BCUT2D eigenvalue weighted by Gasteiger charge is 2.25. The third-order valence-corrected chi connectivity index (χ3v) is 4.32. The van der Waals surface area contributed by atoms with Gasteiger partial charge in [0.1, 0.15) is 17.8 Å². The number of hydrogen-bond acceptors (Lipinski definition) is 8. The Morgan fingerprint density at radius 1 is 1.03 bits per heavy atom. The molecule has 1 heterocycles. The van der Waals surface area contributed by atoms with Gasteiger partial charge >= 0.3 is 5.69 Å². The lowest BCUT2D eigenvalue weighted by Crippen LogP contribution is -2.12. The van der Waals surface area contributed by atoms with Crippen molar-refractivity contribution < 1.29 is 14.4 Å². The van der Waals surface area contributed by atoms with Crippen molar-refractivity contribution >= 4 is 23.0 Å². The molecule has 0 aliphatic carbocycles. The van der Waals surface area contributed by atoms with Crippen molar-refractivity contribution in [3.63, 3.8) is 0 Å². The van der Waals surface area contributed by atoms with Crippen LogP contribution in [0.1, 0.15) is 18.5 Å². The summed E-state index contributed by atoms with van der Waals surface area (Å²) < 4.78 is 10.5. The van der Waals surface area contributed by atoms with Gasteiger partial charge in [-0.1, -0.05) is 30.3 Å². The van der Waals surface area contributed by atoms with Gasteiger partial charge in [0, 0.05) is 6.07 Å². The monoisotopic (exact) mass is 395 g/mol. The second kappa shape index (κ2) is 8.87. The Bertz CT molecular complexity index is 997. The highest BCUT2D eigenvalue weighted by molar-refractivity contribution is 5.76. The lowest BCUT2D eigenvalue weighted by molar-refractivity contribution is -0.383. The molecule has 0 aliphatic rings. The summed E-state index contributed by atoms with van der Waals surface area (Å²) in [5.41, 5.74) is 1.23. The summed E-state index contributed by atoms with van der Waals surface area (Å²) in [6.07, 6.45) is 1.27. The maximum atomic E-state index is 11.8. The normalized spacial score (nSPS) is 11.4. The fourth-order valence-corrected chi connectivity index (χ4v) is 2.81. The van der Waals surface area contributed by atoms with Crippen LogP contribution in [0.4, 0.5) is 23.0 Å². The molecule has 1 aromatic heterocycles. The number of nitrogens with one attached hydrogen (secondary N) is 2. The molecule has 3 rings (SSSR count). The van der Waals surface area contributed by atoms with Crippen LogP contribution in [0.25, 0.3) is 0 Å². The van der Waals surface area contributed by atoms with Gasteiger partial charge in [-0.3, -0.25) is 10.1 Å². The van der Waals surface area contributed by atoms with Gasteiger partial charge in [-0.05, 0) is 24.6 Å². The molecule has 9 heteroatoms. The van der Waals surface area contributed by atoms with Gasteiger partial charge in [0.2, 0.25) is 11.6 Å². The summed E-state index contributed by atoms with van der Waals surface area (Å²) in [4.78, 5) is 19.4. The number of benzene rings is 2. The van der Waals surface area contributed by atoms with Crippen molar-refractivity contribution in [2.24, 2.45) is 0 Å². The van der Waals surface area contributed by atoms with E-state index in [0.717, 1.165) is 5.56 Å². The minimum Gasteiger partial charge on any atom is -0.497 e. The molecule has 1 atom stereocenters. The quantitative estimate of drug-likeness (QED) is 0.428. The van der Waals surface area contributed by atoms with Crippen LogP contribution < -0.4 is 20.1 Å². The van der Waals surface area contributed by atoms with Crippen LogP contribution in [-0.2, 0) is 0 Å². The number of ether oxygens (including phenoxy) is 2. The minimum absolute atomic E-state index is 0.0521. The number of rotatable bonds is 8. The van der Waals surface area contributed by atoms with Crippen LogP contribution >= 0.6 is 0 Å². The zero-order valence-electron chi connectivity index (χ0n) is 16.2.